The summed E-state index contributed by atoms with van der Waals surface area (Å²) in [7, 11) is -2.12. The second kappa shape index (κ2) is 8.22. The van der Waals surface area contributed by atoms with Crippen molar-refractivity contribution in [2.24, 2.45) is 5.14 Å². The molecule has 0 amide bonds. The Morgan fingerprint density at radius 3 is 2.21 bits per heavy atom. The second-order valence-electron chi connectivity index (χ2n) is 6.62. The van der Waals surface area contributed by atoms with Gasteiger partial charge in [-0.15, -0.1) is 0 Å². The number of nitrogens with two attached hydrogens (primary N) is 1. The minimum atomic E-state index is -3.95. The smallest absolute Gasteiger partial charge is 0.238 e. The summed E-state index contributed by atoms with van der Waals surface area (Å²) in [6.45, 7) is 2.59. The predicted octanol–water partition coefficient (Wildman–Crippen LogP) is 4.09. The molecule has 0 heterocycles. The zero-order chi connectivity index (χ0) is 20.3. The van der Waals surface area contributed by atoms with Gasteiger partial charge in [0, 0.05) is 17.7 Å². The van der Waals surface area contributed by atoms with Crippen LogP contribution >= 0.6 is 0 Å². The molecule has 3 aromatic carbocycles. The molecule has 0 bridgehead atoms. The first kappa shape index (κ1) is 20.2. The molecule has 0 aliphatic carbocycles. The van der Waals surface area contributed by atoms with Crippen LogP contribution in [-0.2, 0) is 23.0 Å². The molecule has 0 saturated carbocycles. The van der Waals surface area contributed by atoms with Crippen molar-refractivity contribution < 1.29 is 12.8 Å². The summed E-state index contributed by atoms with van der Waals surface area (Å²) in [6.07, 6.45) is 0.739. The first-order chi connectivity index (χ1) is 13.3. The Balaban J connectivity index is 2.37. The number of hydrogen-bond donors (Lipinski definition) is 2. The lowest BCUT2D eigenvalue weighted by Crippen LogP contribution is -2.14. The quantitative estimate of drug-likeness (QED) is 0.657. The highest BCUT2D eigenvalue weighted by Gasteiger charge is 2.20. The van der Waals surface area contributed by atoms with Gasteiger partial charge in [-0.3, -0.25) is 0 Å². The Bertz CT molecular complexity index is 1110. The Kier molecular flexibility index (Phi) is 5.93. The van der Waals surface area contributed by atoms with Crippen molar-refractivity contribution in [1.29, 1.82) is 0 Å². The lowest BCUT2D eigenvalue weighted by atomic mass is 9.91. The van der Waals surface area contributed by atoms with Crippen LogP contribution in [0.2, 0.25) is 0 Å². The van der Waals surface area contributed by atoms with E-state index in [0.717, 1.165) is 17.5 Å². The van der Waals surface area contributed by atoms with Crippen molar-refractivity contribution in [2.75, 3.05) is 7.05 Å². The highest BCUT2D eigenvalue weighted by molar-refractivity contribution is 7.89. The third-order valence-corrected chi connectivity index (χ3v) is 5.65. The highest BCUT2D eigenvalue weighted by Crippen LogP contribution is 2.37. The molecule has 28 heavy (non-hydrogen) atoms. The Labute approximate surface area is 165 Å². The first-order valence-corrected chi connectivity index (χ1v) is 10.6. The third kappa shape index (κ3) is 4.14. The van der Waals surface area contributed by atoms with Gasteiger partial charge in [0.05, 0.1) is 4.90 Å². The molecule has 0 saturated heterocycles. The molecule has 0 fully saturated rings. The standard InChI is InChI=1S/C22H23FN2O2S/c1-3-15-9-11-22(28(24,26)27)20(12-15)19-13-16(14-25-2)8-10-17(19)18-6-4-5-7-21(18)23/h4-13,25H,3,14H2,1-2H3,(H2,24,26,27). The minimum Gasteiger partial charge on any atom is -0.316 e. The highest BCUT2D eigenvalue weighted by atomic mass is 32.2. The predicted molar refractivity (Wildman–Crippen MR) is 111 cm³/mol. The maximum atomic E-state index is 14.5. The van der Waals surface area contributed by atoms with E-state index in [4.69, 9.17) is 5.14 Å². The fourth-order valence-electron chi connectivity index (χ4n) is 3.30. The number of benzene rings is 3. The Morgan fingerprint density at radius 2 is 1.57 bits per heavy atom. The Morgan fingerprint density at radius 1 is 0.893 bits per heavy atom. The van der Waals surface area contributed by atoms with Crippen LogP contribution in [0, 0.1) is 5.82 Å². The molecule has 0 aliphatic heterocycles. The van der Waals surface area contributed by atoms with Gasteiger partial charge in [-0.05, 0) is 60.0 Å². The van der Waals surface area contributed by atoms with Crippen LogP contribution in [0.5, 0.6) is 0 Å². The molecule has 0 aliphatic rings. The Hall–Kier alpha value is -2.54. The maximum Gasteiger partial charge on any atom is 0.238 e. The molecule has 146 valence electrons. The summed E-state index contributed by atoms with van der Waals surface area (Å²) >= 11 is 0. The molecular weight excluding hydrogens is 375 g/mol. The van der Waals surface area contributed by atoms with Gasteiger partial charge < -0.3 is 5.32 Å². The second-order valence-corrected chi connectivity index (χ2v) is 8.15. The molecule has 3 aromatic rings. The van der Waals surface area contributed by atoms with E-state index in [9.17, 15) is 12.8 Å². The van der Waals surface area contributed by atoms with Crippen LogP contribution in [-0.4, -0.2) is 15.5 Å². The number of sulfonamides is 1. The molecular formula is C22H23FN2O2S. The van der Waals surface area contributed by atoms with E-state index < -0.39 is 10.0 Å². The normalized spacial score (nSPS) is 11.6. The van der Waals surface area contributed by atoms with Crippen molar-refractivity contribution in [3.8, 4) is 22.3 Å². The first-order valence-electron chi connectivity index (χ1n) is 9.03. The number of hydrogen-bond acceptors (Lipinski definition) is 3. The number of nitrogens with one attached hydrogen (secondary N) is 1. The van der Waals surface area contributed by atoms with Crippen LogP contribution in [0.4, 0.5) is 4.39 Å². The fourth-order valence-corrected chi connectivity index (χ4v) is 4.03. The van der Waals surface area contributed by atoms with E-state index in [-0.39, 0.29) is 10.7 Å². The summed E-state index contributed by atoms with van der Waals surface area (Å²) in [5.41, 5.74) is 4.09. The fraction of sp³-hybridized carbons (Fsp3) is 0.182. The molecule has 0 spiro atoms. The molecule has 3 N–H and O–H groups in total. The summed E-state index contributed by atoms with van der Waals surface area (Å²) < 4.78 is 39.0. The molecule has 6 heteroatoms. The van der Waals surface area contributed by atoms with E-state index in [0.29, 0.717) is 28.8 Å². The third-order valence-electron chi connectivity index (χ3n) is 4.68. The molecule has 0 unspecified atom stereocenters. The van der Waals surface area contributed by atoms with E-state index >= 15 is 0 Å². The van der Waals surface area contributed by atoms with E-state index in [1.54, 1.807) is 24.3 Å². The van der Waals surface area contributed by atoms with Crippen molar-refractivity contribution in [3.05, 3.63) is 77.6 Å². The topological polar surface area (TPSA) is 72.2 Å². The van der Waals surface area contributed by atoms with Gasteiger partial charge in [-0.25, -0.2) is 17.9 Å². The van der Waals surface area contributed by atoms with Crippen molar-refractivity contribution in [1.82, 2.24) is 5.32 Å². The average Bonchev–Trinajstić information content (AvgIpc) is 2.67. The minimum absolute atomic E-state index is 0.0314. The zero-order valence-electron chi connectivity index (χ0n) is 15.9. The van der Waals surface area contributed by atoms with Crippen molar-refractivity contribution in [2.45, 2.75) is 24.8 Å². The lowest BCUT2D eigenvalue weighted by Gasteiger charge is -2.17. The number of aryl methyl sites for hydroxylation is 1. The van der Waals surface area contributed by atoms with Gasteiger partial charge in [-0.1, -0.05) is 43.3 Å². The monoisotopic (exact) mass is 398 g/mol. The van der Waals surface area contributed by atoms with Crippen LogP contribution in [0.1, 0.15) is 18.1 Å². The molecule has 0 radical (unpaired) electrons. The summed E-state index contributed by atoms with van der Waals surface area (Å²) in [6, 6.07) is 17.2. The summed E-state index contributed by atoms with van der Waals surface area (Å²) in [4.78, 5) is 0.0314. The number of primary sulfonamides is 1. The molecule has 0 aromatic heterocycles. The van der Waals surface area contributed by atoms with E-state index in [1.165, 1.54) is 12.1 Å². The van der Waals surface area contributed by atoms with E-state index in [1.807, 2.05) is 38.2 Å². The van der Waals surface area contributed by atoms with Crippen LogP contribution in [0.25, 0.3) is 22.3 Å². The summed E-state index contributed by atoms with van der Waals surface area (Å²) in [5, 5.41) is 8.57. The molecule has 0 atom stereocenters. The van der Waals surface area contributed by atoms with Gasteiger partial charge in [0.1, 0.15) is 5.82 Å². The van der Waals surface area contributed by atoms with E-state index in [2.05, 4.69) is 5.32 Å². The average molecular weight is 399 g/mol. The lowest BCUT2D eigenvalue weighted by molar-refractivity contribution is 0.598. The van der Waals surface area contributed by atoms with Crippen LogP contribution < -0.4 is 10.5 Å². The number of halogens is 1. The van der Waals surface area contributed by atoms with Crippen molar-refractivity contribution >= 4 is 10.0 Å². The van der Waals surface area contributed by atoms with Gasteiger partial charge in [0.15, 0.2) is 0 Å². The summed E-state index contributed by atoms with van der Waals surface area (Å²) in [5.74, 6) is -0.367. The van der Waals surface area contributed by atoms with Gasteiger partial charge >= 0.3 is 0 Å². The maximum absolute atomic E-state index is 14.5. The van der Waals surface area contributed by atoms with Crippen LogP contribution in [0.3, 0.4) is 0 Å². The van der Waals surface area contributed by atoms with Gasteiger partial charge in [0.2, 0.25) is 10.0 Å². The van der Waals surface area contributed by atoms with Crippen molar-refractivity contribution in [3.63, 3.8) is 0 Å². The molecule has 4 nitrogen and oxygen atoms in total. The number of rotatable bonds is 6. The SMILES string of the molecule is CCc1ccc(S(N)(=O)=O)c(-c2cc(CNC)ccc2-c2ccccc2F)c1. The molecule has 3 rings (SSSR count). The van der Waals surface area contributed by atoms with Gasteiger partial charge in [0.25, 0.3) is 0 Å². The van der Waals surface area contributed by atoms with Crippen LogP contribution in [0.15, 0.2) is 65.6 Å². The largest absolute Gasteiger partial charge is 0.316 e. The zero-order valence-corrected chi connectivity index (χ0v) is 16.7. The van der Waals surface area contributed by atoms with Gasteiger partial charge in [-0.2, -0.15) is 0 Å².